The molecule has 1 saturated heterocycles. The number of carbonyl (C=O) groups excluding carboxylic acids is 2. The van der Waals surface area contributed by atoms with Crippen LogP contribution in [0.4, 0.5) is 4.79 Å². The van der Waals surface area contributed by atoms with Gasteiger partial charge in [0.2, 0.25) is 0 Å². The Morgan fingerprint density at radius 2 is 1.73 bits per heavy atom. The second-order valence-corrected chi connectivity index (χ2v) is 7.77. The maximum atomic E-state index is 13.5. The molecule has 0 radical (unpaired) electrons. The van der Waals surface area contributed by atoms with Crippen molar-refractivity contribution >= 4 is 29.2 Å². The molecule has 0 saturated carbocycles. The van der Waals surface area contributed by atoms with E-state index in [1.807, 2.05) is 13.8 Å². The van der Waals surface area contributed by atoms with Gasteiger partial charge >= 0.3 is 6.16 Å². The van der Waals surface area contributed by atoms with Crippen molar-refractivity contribution in [3.05, 3.63) is 39.6 Å². The van der Waals surface area contributed by atoms with E-state index in [0.29, 0.717) is 42.1 Å². The molecule has 1 fully saturated rings. The van der Waals surface area contributed by atoms with E-state index < -0.39 is 11.7 Å². The van der Waals surface area contributed by atoms with Gasteiger partial charge in [-0.25, -0.2) is 9.86 Å². The lowest BCUT2D eigenvalue weighted by Gasteiger charge is -2.42. The summed E-state index contributed by atoms with van der Waals surface area (Å²) in [6.07, 6.45) is 0.0721. The van der Waals surface area contributed by atoms with E-state index in [1.165, 1.54) is 12.2 Å². The molecule has 2 heterocycles. The molecule has 0 aromatic heterocycles. The summed E-state index contributed by atoms with van der Waals surface area (Å²) in [5.74, 6) is -0.117. The molecule has 2 aliphatic rings. The Kier molecular flexibility index (Phi) is 6.71. The van der Waals surface area contributed by atoms with Gasteiger partial charge in [0.1, 0.15) is 5.54 Å². The fourth-order valence-electron chi connectivity index (χ4n) is 4.35. The van der Waals surface area contributed by atoms with Gasteiger partial charge in [0.25, 0.3) is 5.91 Å². The monoisotopic (exact) mass is 438 g/mol. The topological polar surface area (TPSA) is 77.5 Å². The standard InChI is InChI=1S/C21H27ClN2O6/c1-6-29-20(26)30-18-17(16-13(2)11-15(22)12-14(16)3)19(25)24(28-5)21(18)7-9-23(27-4)10-8-21/h11-12H,6-10H2,1-5H3. The zero-order valence-corrected chi connectivity index (χ0v) is 18.7. The van der Waals surface area contributed by atoms with Crippen molar-refractivity contribution < 1.29 is 28.7 Å². The molecule has 2 aliphatic heterocycles. The quantitative estimate of drug-likeness (QED) is 0.649. The van der Waals surface area contributed by atoms with E-state index in [4.69, 9.17) is 30.7 Å². The second-order valence-electron chi connectivity index (χ2n) is 7.33. The van der Waals surface area contributed by atoms with Gasteiger partial charge in [-0.15, -0.1) is 0 Å². The summed E-state index contributed by atoms with van der Waals surface area (Å²) in [4.78, 5) is 36.7. The Bertz CT molecular complexity index is 853. The molecule has 0 unspecified atom stereocenters. The molecule has 9 heteroatoms. The molecule has 1 amide bonds. The van der Waals surface area contributed by atoms with E-state index in [1.54, 1.807) is 31.2 Å². The molecule has 0 bridgehead atoms. The first kappa shape index (κ1) is 22.6. The predicted molar refractivity (Wildman–Crippen MR) is 110 cm³/mol. The first-order valence-corrected chi connectivity index (χ1v) is 10.2. The van der Waals surface area contributed by atoms with Crippen molar-refractivity contribution in [1.29, 1.82) is 0 Å². The zero-order valence-electron chi connectivity index (χ0n) is 17.9. The summed E-state index contributed by atoms with van der Waals surface area (Å²) >= 11 is 6.20. The Morgan fingerprint density at radius 1 is 1.13 bits per heavy atom. The second kappa shape index (κ2) is 8.93. The highest BCUT2D eigenvalue weighted by Gasteiger charge is 2.57. The van der Waals surface area contributed by atoms with E-state index in [9.17, 15) is 9.59 Å². The highest BCUT2D eigenvalue weighted by atomic mass is 35.5. The van der Waals surface area contributed by atoms with E-state index in [2.05, 4.69) is 0 Å². The number of hydrogen-bond donors (Lipinski definition) is 0. The Hall–Kier alpha value is -2.13. The van der Waals surface area contributed by atoms with Crippen molar-refractivity contribution in [3.63, 3.8) is 0 Å². The van der Waals surface area contributed by atoms with Crippen molar-refractivity contribution in [2.24, 2.45) is 0 Å². The molecule has 1 aromatic rings. The SMILES string of the molecule is CCOC(=O)OC1=C(c2c(C)cc(Cl)cc2C)C(=O)N(OC)C12CCN(OC)CC2. The van der Waals surface area contributed by atoms with Gasteiger partial charge in [-0.1, -0.05) is 11.6 Å². The maximum absolute atomic E-state index is 13.5. The van der Waals surface area contributed by atoms with Crippen LogP contribution in [0, 0.1) is 13.8 Å². The molecule has 0 atom stereocenters. The largest absolute Gasteiger partial charge is 0.513 e. The third-order valence-corrected chi connectivity index (χ3v) is 5.84. The number of hydrogen-bond acceptors (Lipinski definition) is 7. The Morgan fingerprint density at radius 3 is 2.23 bits per heavy atom. The molecule has 8 nitrogen and oxygen atoms in total. The van der Waals surface area contributed by atoms with Crippen LogP contribution in [0.1, 0.15) is 36.5 Å². The number of aryl methyl sites for hydroxylation is 2. The Balaban J connectivity index is 2.21. The number of nitrogens with zero attached hydrogens (tertiary/aromatic N) is 2. The van der Waals surface area contributed by atoms with Gasteiger partial charge in [0.15, 0.2) is 5.76 Å². The van der Waals surface area contributed by atoms with Gasteiger partial charge in [-0.3, -0.25) is 9.63 Å². The van der Waals surface area contributed by atoms with Crippen LogP contribution in [0.2, 0.25) is 5.02 Å². The van der Waals surface area contributed by atoms with Crippen LogP contribution in [0.5, 0.6) is 0 Å². The van der Waals surface area contributed by atoms with E-state index in [-0.39, 0.29) is 18.3 Å². The summed E-state index contributed by atoms with van der Waals surface area (Å²) in [5.41, 5.74) is 1.63. The molecule has 0 N–H and O–H groups in total. The van der Waals surface area contributed by atoms with Gasteiger partial charge in [0, 0.05) is 18.1 Å². The highest BCUT2D eigenvalue weighted by molar-refractivity contribution is 6.31. The molecule has 30 heavy (non-hydrogen) atoms. The lowest BCUT2D eigenvalue weighted by Crippen LogP contribution is -2.55. The van der Waals surface area contributed by atoms with Crippen LogP contribution in [-0.2, 0) is 23.9 Å². The molecule has 164 valence electrons. The van der Waals surface area contributed by atoms with Crippen molar-refractivity contribution in [3.8, 4) is 0 Å². The number of benzene rings is 1. The van der Waals surface area contributed by atoms with Crippen LogP contribution in [0.3, 0.4) is 0 Å². The number of hydroxylamine groups is 4. The van der Waals surface area contributed by atoms with Gasteiger partial charge in [0.05, 0.1) is 26.4 Å². The molecule has 0 aliphatic carbocycles. The lowest BCUT2D eigenvalue weighted by atomic mass is 9.85. The summed E-state index contributed by atoms with van der Waals surface area (Å²) < 4.78 is 10.7. The van der Waals surface area contributed by atoms with Crippen LogP contribution in [0.25, 0.3) is 5.57 Å². The number of amides is 1. The normalized spacial score (nSPS) is 19.0. The number of rotatable bonds is 5. The number of carbonyl (C=O) groups is 2. The first-order chi connectivity index (χ1) is 14.3. The average molecular weight is 439 g/mol. The minimum atomic E-state index is -0.943. The minimum Gasteiger partial charge on any atom is -0.434 e. The van der Waals surface area contributed by atoms with Crippen molar-refractivity contribution in [1.82, 2.24) is 10.1 Å². The third kappa shape index (κ3) is 3.80. The van der Waals surface area contributed by atoms with Crippen molar-refractivity contribution in [2.75, 3.05) is 33.9 Å². The minimum absolute atomic E-state index is 0.160. The van der Waals surface area contributed by atoms with Gasteiger partial charge < -0.3 is 14.3 Å². The lowest BCUT2D eigenvalue weighted by molar-refractivity contribution is -0.221. The number of halogens is 1. The smallest absolute Gasteiger partial charge is 0.434 e. The predicted octanol–water partition coefficient (Wildman–Crippen LogP) is 3.64. The summed E-state index contributed by atoms with van der Waals surface area (Å²) in [6.45, 7) is 6.65. The van der Waals surface area contributed by atoms with Crippen LogP contribution < -0.4 is 0 Å². The maximum Gasteiger partial charge on any atom is 0.513 e. The highest BCUT2D eigenvalue weighted by Crippen LogP contribution is 2.48. The van der Waals surface area contributed by atoms with Gasteiger partial charge in [-0.05, 0) is 62.4 Å². The molecule has 1 spiro atoms. The summed E-state index contributed by atoms with van der Waals surface area (Å²) in [7, 11) is 3.04. The molecule has 1 aromatic carbocycles. The summed E-state index contributed by atoms with van der Waals surface area (Å²) in [6, 6.07) is 3.56. The number of ether oxygens (including phenoxy) is 2. The third-order valence-electron chi connectivity index (χ3n) is 5.62. The van der Waals surface area contributed by atoms with E-state index >= 15 is 0 Å². The van der Waals surface area contributed by atoms with Crippen LogP contribution >= 0.6 is 11.6 Å². The van der Waals surface area contributed by atoms with E-state index in [0.717, 1.165) is 11.1 Å². The van der Waals surface area contributed by atoms with Crippen molar-refractivity contribution in [2.45, 2.75) is 39.2 Å². The first-order valence-electron chi connectivity index (χ1n) is 9.83. The van der Waals surface area contributed by atoms with Crippen LogP contribution in [0.15, 0.2) is 17.9 Å². The fourth-order valence-corrected chi connectivity index (χ4v) is 4.67. The Labute approximate surface area is 181 Å². The van der Waals surface area contributed by atoms with Crippen LogP contribution in [-0.4, -0.2) is 61.6 Å². The zero-order chi connectivity index (χ0) is 22.1. The molecule has 3 rings (SSSR count). The van der Waals surface area contributed by atoms with Gasteiger partial charge in [-0.2, -0.15) is 5.06 Å². The molecular weight excluding hydrogens is 412 g/mol. The number of piperidine rings is 1. The molecular formula is C21H27ClN2O6. The summed E-state index contributed by atoms with van der Waals surface area (Å²) in [5, 5.41) is 3.68. The fraction of sp³-hybridized carbons (Fsp3) is 0.524. The average Bonchev–Trinajstić information content (AvgIpc) is 2.90.